The average molecular weight is 272 g/mol. The largest absolute Gasteiger partial charge is 0.447 e. The maximum atomic E-state index is 11.8. The standard InChI is InChI=1S/C8H11F3N2O3S/c9-8(10,11)3-4-13-5-6-1-2-7(16-6)17(12,14)15/h1-2,13H,3-5H2,(H2,12,14,15). The minimum atomic E-state index is -4.22. The fourth-order valence-corrected chi connectivity index (χ4v) is 1.53. The van der Waals surface area contributed by atoms with Gasteiger partial charge in [0.15, 0.2) is 0 Å². The fraction of sp³-hybridized carbons (Fsp3) is 0.500. The van der Waals surface area contributed by atoms with E-state index < -0.39 is 27.7 Å². The lowest BCUT2D eigenvalue weighted by Crippen LogP contribution is -2.21. The van der Waals surface area contributed by atoms with Crippen LogP contribution in [0.4, 0.5) is 13.2 Å². The molecule has 98 valence electrons. The summed E-state index contributed by atoms with van der Waals surface area (Å²) in [5, 5.41) is 6.85. The molecule has 3 N–H and O–H groups in total. The van der Waals surface area contributed by atoms with Gasteiger partial charge in [-0.15, -0.1) is 0 Å². The summed E-state index contributed by atoms with van der Waals surface area (Å²) in [6.45, 7) is -0.263. The van der Waals surface area contributed by atoms with E-state index in [1.807, 2.05) is 0 Å². The quantitative estimate of drug-likeness (QED) is 0.782. The molecule has 1 aromatic heterocycles. The van der Waals surface area contributed by atoms with Crippen molar-refractivity contribution >= 4 is 10.0 Å². The van der Waals surface area contributed by atoms with Crippen molar-refractivity contribution in [2.75, 3.05) is 6.54 Å². The summed E-state index contributed by atoms with van der Waals surface area (Å²) in [6, 6.07) is 2.48. The summed E-state index contributed by atoms with van der Waals surface area (Å²) in [4.78, 5) is 0. The van der Waals surface area contributed by atoms with E-state index in [2.05, 4.69) is 5.32 Å². The van der Waals surface area contributed by atoms with Gasteiger partial charge in [-0.05, 0) is 12.1 Å². The van der Waals surface area contributed by atoms with E-state index in [9.17, 15) is 21.6 Å². The van der Waals surface area contributed by atoms with Gasteiger partial charge in [-0.25, -0.2) is 13.6 Å². The maximum absolute atomic E-state index is 11.8. The Balaban J connectivity index is 2.41. The molecule has 1 aromatic rings. The van der Waals surface area contributed by atoms with Crippen LogP contribution in [0, 0.1) is 0 Å². The van der Waals surface area contributed by atoms with E-state index in [-0.39, 0.29) is 18.8 Å². The van der Waals surface area contributed by atoms with Gasteiger partial charge in [0.25, 0.3) is 10.0 Å². The van der Waals surface area contributed by atoms with Crippen LogP contribution in [0.3, 0.4) is 0 Å². The van der Waals surface area contributed by atoms with E-state index in [0.717, 1.165) is 6.07 Å². The highest BCUT2D eigenvalue weighted by molar-refractivity contribution is 7.89. The molecule has 0 amide bonds. The lowest BCUT2D eigenvalue weighted by molar-refractivity contribution is -0.133. The smallest absolute Gasteiger partial charge is 0.390 e. The zero-order chi connectivity index (χ0) is 13.1. The van der Waals surface area contributed by atoms with Crippen LogP contribution >= 0.6 is 0 Å². The molecule has 17 heavy (non-hydrogen) atoms. The molecule has 5 nitrogen and oxygen atoms in total. The van der Waals surface area contributed by atoms with Gasteiger partial charge in [-0.2, -0.15) is 13.2 Å². The molecule has 0 saturated carbocycles. The molecule has 0 fully saturated rings. The number of nitrogens with two attached hydrogens (primary N) is 1. The topological polar surface area (TPSA) is 85.3 Å². The number of halogens is 3. The van der Waals surface area contributed by atoms with Gasteiger partial charge < -0.3 is 9.73 Å². The lowest BCUT2D eigenvalue weighted by atomic mass is 10.4. The van der Waals surface area contributed by atoms with Crippen molar-refractivity contribution in [1.82, 2.24) is 5.32 Å². The molecule has 0 bridgehead atoms. The lowest BCUT2D eigenvalue weighted by Gasteiger charge is -2.06. The minimum absolute atomic E-state index is 0.00556. The average Bonchev–Trinajstić information content (AvgIpc) is 2.58. The highest BCUT2D eigenvalue weighted by atomic mass is 32.2. The number of alkyl halides is 3. The molecule has 0 aliphatic rings. The molecule has 0 unspecified atom stereocenters. The Morgan fingerprint density at radius 2 is 2.00 bits per heavy atom. The van der Waals surface area contributed by atoms with Crippen LogP contribution in [-0.2, 0) is 16.6 Å². The number of furan rings is 1. The van der Waals surface area contributed by atoms with Crippen molar-refractivity contribution in [2.45, 2.75) is 24.2 Å². The van der Waals surface area contributed by atoms with Crippen molar-refractivity contribution in [3.63, 3.8) is 0 Å². The summed E-state index contributed by atoms with van der Waals surface area (Å²) in [6.07, 6.45) is -5.18. The zero-order valence-corrected chi connectivity index (χ0v) is 9.44. The zero-order valence-electron chi connectivity index (χ0n) is 8.62. The molecule has 0 saturated heterocycles. The van der Waals surface area contributed by atoms with Crippen molar-refractivity contribution in [3.8, 4) is 0 Å². The van der Waals surface area contributed by atoms with Crippen LogP contribution in [-0.4, -0.2) is 21.1 Å². The monoisotopic (exact) mass is 272 g/mol. The van der Waals surface area contributed by atoms with Crippen molar-refractivity contribution in [3.05, 3.63) is 17.9 Å². The number of hydrogen-bond acceptors (Lipinski definition) is 4. The van der Waals surface area contributed by atoms with Gasteiger partial charge in [0.2, 0.25) is 5.09 Å². The van der Waals surface area contributed by atoms with Crippen LogP contribution in [0.15, 0.2) is 21.6 Å². The first-order chi connectivity index (χ1) is 7.68. The first-order valence-electron chi connectivity index (χ1n) is 4.57. The summed E-state index contributed by atoms with van der Waals surface area (Å²) in [7, 11) is -3.91. The highest BCUT2D eigenvalue weighted by Gasteiger charge is 2.26. The predicted molar refractivity (Wildman–Crippen MR) is 52.5 cm³/mol. The summed E-state index contributed by atoms with van der Waals surface area (Å²) < 4.78 is 61.8. The fourth-order valence-electron chi connectivity index (χ4n) is 1.05. The Kier molecular flexibility index (Phi) is 4.17. The number of sulfonamides is 1. The minimum Gasteiger partial charge on any atom is -0.447 e. The highest BCUT2D eigenvalue weighted by Crippen LogP contribution is 2.18. The third-order valence-electron chi connectivity index (χ3n) is 1.80. The van der Waals surface area contributed by atoms with Gasteiger partial charge in [0.05, 0.1) is 13.0 Å². The first kappa shape index (κ1) is 14.0. The predicted octanol–water partition coefficient (Wildman–Crippen LogP) is 0.969. The number of rotatable bonds is 5. The molecular formula is C8H11F3N2O3S. The number of nitrogens with one attached hydrogen (secondary N) is 1. The molecule has 9 heteroatoms. The number of hydrogen-bond donors (Lipinski definition) is 2. The van der Waals surface area contributed by atoms with Crippen LogP contribution in [0.25, 0.3) is 0 Å². The van der Waals surface area contributed by atoms with Crippen LogP contribution in [0.2, 0.25) is 0 Å². The molecule has 0 spiro atoms. The molecular weight excluding hydrogens is 261 g/mol. The van der Waals surface area contributed by atoms with Gasteiger partial charge >= 0.3 is 6.18 Å². The molecule has 0 atom stereocenters. The van der Waals surface area contributed by atoms with E-state index in [0.29, 0.717) is 0 Å². The SMILES string of the molecule is NS(=O)(=O)c1ccc(CNCCC(F)(F)F)o1. The van der Waals surface area contributed by atoms with Gasteiger partial charge in [-0.1, -0.05) is 0 Å². The Morgan fingerprint density at radius 1 is 1.35 bits per heavy atom. The second kappa shape index (κ2) is 5.07. The summed E-state index contributed by atoms with van der Waals surface area (Å²) in [5.41, 5.74) is 0. The molecule has 0 aliphatic heterocycles. The van der Waals surface area contributed by atoms with Gasteiger partial charge in [0, 0.05) is 6.54 Å². The van der Waals surface area contributed by atoms with E-state index in [1.54, 1.807) is 0 Å². The third-order valence-corrected chi connectivity index (χ3v) is 2.58. The van der Waals surface area contributed by atoms with Crippen molar-refractivity contribution < 1.29 is 26.0 Å². The third kappa shape index (κ3) is 5.20. The summed E-state index contributed by atoms with van der Waals surface area (Å²) in [5.74, 6) is 0.205. The Hall–Kier alpha value is -1.06. The van der Waals surface area contributed by atoms with Gasteiger partial charge in [-0.3, -0.25) is 0 Å². The molecule has 0 aliphatic carbocycles. The second-order valence-corrected chi connectivity index (χ2v) is 4.80. The molecule has 1 heterocycles. The van der Waals surface area contributed by atoms with E-state index in [4.69, 9.17) is 9.56 Å². The Bertz CT molecular complexity index is 467. The maximum Gasteiger partial charge on any atom is 0.390 e. The van der Waals surface area contributed by atoms with Gasteiger partial charge in [0.1, 0.15) is 5.76 Å². The first-order valence-corrected chi connectivity index (χ1v) is 6.12. The second-order valence-electron chi connectivity index (χ2n) is 3.31. The van der Waals surface area contributed by atoms with Crippen molar-refractivity contribution in [2.24, 2.45) is 5.14 Å². The number of primary sulfonamides is 1. The Labute approximate surface area is 95.8 Å². The molecule has 0 aromatic carbocycles. The van der Waals surface area contributed by atoms with Crippen molar-refractivity contribution in [1.29, 1.82) is 0 Å². The Morgan fingerprint density at radius 3 is 2.47 bits per heavy atom. The van der Waals surface area contributed by atoms with Crippen LogP contribution < -0.4 is 10.5 Å². The summed E-state index contributed by atoms with van der Waals surface area (Å²) >= 11 is 0. The van der Waals surface area contributed by atoms with Crippen LogP contribution in [0.1, 0.15) is 12.2 Å². The van der Waals surface area contributed by atoms with E-state index in [1.165, 1.54) is 6.07 Å². The molecule has 1 rings (SSSR count). The normalized spacial score (nSPS) is 12.9. The van der Waals surface area contributed by atoms with Crippen LogP contribution in [0.5, 0.6) is 0 Å². The van der Waals surface area contributed by atoms with E-state index >= 15 is 0 Å². The molecule has 0 radical (unpaired) electrons.